The molecule has 5 rings (SSSR count). The molecule has 0 spiro atoms. The van der Waals surface area contributed by atoms with Crippen molar-refractivity contribution < 1.29 is 44.3 Å². The minimum absolute atomic E-state index is 0.308. The van der Waals surface area contributed by atoms with Gasteiger partial charge >= 0.3 is 17.5 Å². The fourth-order valence-corrected chi connectivity index (χ4v) is 6.72. The Labute approximate surface area is 179 Å². The Bertz CT molecular complexity index is 944. The van der Waals surface area contributed by atoms with Crippen LogP contribution >= 0.6 is 22.7 Å². The molecule has 4 unspecified atom stereocenters. The number of ether oxygens (including phenoxy) is 2. The van der Waals surface area contributed by atoms with Gasteiger partial charge in [0.15, 0.2) is 0 Å². The van der Waals surface area contributed by atoms with Gasteiger partial charge in [-0.2, -0.15) is 0 Å². The van der Waals surface area contributed by atoms with Gasteiger partial charge in [-0.3, -0.25) is 9.22 Å². The van der Waals surface area contributed by atoms with Crippen LogP contribution in [0.15, 0.2) is 35.0 Å². The summed E-state index contributed by atoms with van der Waals surface area (Å²) in [5.74, 6) is -5.75. The van der Waals surface area contributed by atoms with Gasteiger partial charge in [0.2, 0.25) is 5.60 Å². The van der Waals surface area contributed by atoms with E-state index in [4.69, 9.17) is 9.47 Å². The van der Waals surface area contributed by atoms with Crippen molar-refractivity contribution in [3.05, 3.63) is 44.8 Å². The summed E-state index contributed by atoms with van der Waals surface area (Å²) in [6.45, 7) is 0. The lowest BCUT2D eigenvalue weighted by molar-refractivity contribution is -1.04. The molecule has 162 valence electrons. The van der Waals surface area contributed by atoms with Gasteiger partial charge in [-0.25, -0.2) is 4.79 Å². The van der Waals surface area contributed by atoms with E-state index in [9.17, 15) is 30.3 Å². The number of epoxide rings is 1. The van der Waals surface area contributed by atoms with Crippen molar-refractivity contribution in [2.24, 2.45) is 0 Å². The second-order valence-electron chi connectivity index (χ2n) is 8.58. The number of piperidine rings is 1. The monoisotopic (exact) mass is 456 g/mol. The number of rotatable bonds is 4. The van der Waals surface area contributed by atoms with Crippen LogP contribution in [0.2, 0.25) is 0 Å². The fourth-order valence-electron chi connectivity index (χ4n) is 5.01. The Hall–Kier alpha value is -1.41. The highest BCUT2D eigenvalue weighted by Gasteiger charge is 3.03. The molecule has 3 aliphatic rings. The van der Waals surface area contributed by atoms with Crippen molar-refractivity contribution >= 4 is 28.6 Å². The van der Waals surface area contributed by atoms with E-state index < -0.39 is 45.2 Å². The molecule has 0 radical (unpaired) electrons. The van der Waals surface area contributed by atoms with E-state index in [2.05, 4.69) is 0 Å². The van der Waals surface area contributed by atoms with Gasteiger partial charge in [0.25, 0.3) is 11.4 Å². The Balaban J connectivity index is 1.49. The number of hydrogen-bond acceptors (Lipinski definition) is 10. The number of hydrogen-bond donors (Lipinski definition) is 5. The summed E-state index contributed by atoms with van der Waals surface area (Å²) in [6, 6.07) is 6.64. The predicted octanol–water partition coefficient (Wildman–Crippen LogP) is -0.374. The Morgan fingerprint density at radius 1 is 1.07 bits per heavy atom. The maximum atomic E-state index is 13.2. The first-order valence-electron chi connectivity index (χ1n) is 9.33. The SMILES string of the molecule is C[N+]1(C)C2(O)CC(OC(=O)C(O)(c3cccs3)c3cccs3)CC1(O)C1(O)OC12O. The minimum Gasteiger partial charge on any atom is -0.459 e. The van der Waals surface area contributed by atoms with Gasteiger partial charge in [0.1, 0.15) is 6.10 Å². The van der Waals surface area contributed by atoms with Crippen LogP contribution in [0.3, 0.4) is 0 Å². The van der Waals surface area contributed by atoms with Gasteiger partial charge in [-0.15, -0.1) is 22.7 Å². The fraction of sp³-hybridized carbons (Fsp3) is 0.526. The molecule has 2 aromatic rings. The van der Waals surface area contributed by atoms with E-state index in [0.29, 0.717) is 9.75 Å². The highest BCUT2D eigenvalue weighted by molar-refractivity contribution is 7.12. The molecular weight excluding hydrogens is 434 g/mol. The number of fused-ring (bicyclic) bond motifs is 5. The molecule has 5 N–H and O–H groups in total. The Morgan fingerprint density at radius 3 is 1.93 bits per heavy atom. The summed E-state index contributed by atoms with van der Waals surface area (Å²) in [6.07, 6.45) is -1.70. The summed E-state index contributed by atoms with van der Waals surface area (Å²) in [5, 5.41) is 58.7. The van der Waals surface area contributed by atoms with E-state index >= 15 is 0 Å². The number of likely N-dealkylation sites (N-methyl/N-ethyl adjacent to an activating group) is 1. The third-order valence-electron chi connectivity index (χ3n) is 7.00. The summed E-state index contributed by atoms with van der Waals surface area (Å²) in [5.41, 5.74) is -6.32. The van der Waals surface area contributed by atoms with E-state index in [0.717, 1.165) is 0 Å². The van der Waals surface area contributed by atoms with Crippen LogP contribution in [0, 0.1) is 0 Å². The summed E-state index contributed by atoms with van der Waals surface area (Å²) < 4.78 is 10.0. The molecule has 0 aromatic carbocycles. The third kappa shape index (κ3) is 1.99. The van der Waals surface area contributed by atoms with E-state index in [1.165, 1.54) is 36.8 Å². The highest BCUT2D eigenvalue weighted by Crippen LogP contribution is 2.72. The van der Waals surface area contributed by atoms with Gasteiger partial charge in [-0.1, -0.05) is 12.1 Å². The number of carbonyl (C=O) groups is 1. The summed E-state index contributed by atoms with van der Waals surface area (Å²) >= 11 is 2.38. The van der Waals surface area contributed by atoms with Crippen molar-refractivity contribution in [3.63, 3.8) is 0 Å². The molecule has 0 aliphatic carbocycles. The molecule has 5 heterocycles. The number of thiophene rings is 2. The first-order valence-corrected chi connectivity index (χ1v) is 11.1. The molecule has 3 saturated heterocycles. The number of aliphatic hydroxyl groups is 5. The lowest BCUT2D eigenvalue weighted by Gasteiger charge is -2.53. The molecule has 0 saturated carbocycles. The number of carbonyl (C=O) groups excluding carboxylic acids is 1. The van der Waals surface area contributed by atoms with Gasteiger partial charge in [0.05, 0.1) is 36.7 Å². The molecular formula is C19H22NO8S2+. The quantitative estimate of drug-likeness (QED) is 0.238. The number of morpholine rings is 1. The summed E-state index contributed by atoms with van der Waals surface area (Å²) in [4.78, 5) is 13.9. The number of nitrogens with zero attached hydrogens (tertiary/aromatic N) is 1. The smallest absolute Gasteiger partial charge is 0.349 e. The Kier molecular flexibility index (Phi) is 3.88. The number of quaternary nitrogens is 1. The molecule has 30 heavy (non-hydrogen) atoms. The van der Waals surface area contributed by atoms with Crippen molar-refractivity contribution in [1.29, 1.82) is 0 Å². The van der Waals surface area contributed by atoms with Crippen molar-refractivity contribution in [2.45, 2.75) is 47.6 Å². The molecule has 0 amide bonds. The van der Waals surface area contributed by atoms with Crippen LogP contribution in [0.1, 0.15) is 22.6 Å². The molecule has 2 bridgehead atoms. The minimum atomic E-state index is -2.39. The average Bonchev–Trinajstić information content (AvgIpc) is 3.18. The standard InChI is InChI=1S/C19H22NO8S2/c1-20(2)15(22)9-11(10-16(20,23)19(26)18(15,25)28-19)27-14(21)17(24,12-5-3-7-29-12)13-6-4-8-30-13/h3-8,11,22-26H,9-10H2,1-2H3/q+1. The van der Waals surface area contributed by atoms with E-state index in [1.807, 2.05) is 0 Å². The third-order valence-corrected chi connectivity index (χ3v) is 8.95. The Morgan fingerprint density at radius 2 is 1.53 bits per heavy atom. The largest absolute Gasteiger partial charge is 0.459 e. The second-order valence-corrected chi connectivity index (χ2v) is 10.5. The zero-order chi connectivity index (χ0) is 21.8. The van der Waals surface area contributed by atoms with Crippen LogP contribution in [-0.4, -0.2) is 79.2 Å². The molecule has 3 fully saturated rings. The topological polar surface area (TPSA) is 140 Å². The van der Waals surface area contributed by atoms with Crippen LogP contribution < -0.4 is 0 Å². The number of esters is 1. The molecule has 11 heteroatoms. The van der Waals surface area contributed by atoms with Crippen LogP contribution in [0.4, 0.5) is 0 Å². The lowest BCUT2D eigenvalue weighted by Crippen LogP contribution is -2.76. The normalized spacial score (nSPS) is 41.4. The van der Waals surface area contributed by atoms with Crippen LogP contribution in [-0.2, 0) is 19.9 Å². The van der Waals surface area contributed by atoms with E-state index in [-0.39, 0.29) is 12.8 Å². The predicted molar refractivity (Wildman–Crippen MR) is 104 cm³/mol. The maximum Gasteiger partial charge on any atom is 0.349 e. The second kappa shape index (κ2) is 5.68. The molecule has 2 aromatic heterocycles. The van der Waals surface area contributed by atoms with Gasteiger partial charge in [-0.05, 0) is 22.9 Å². The first kappa shape index (κ1) is 20.5. The van der Waals surface area contributed by atoms with Crippen molar-refractivity contribution in [2.75, 3.05) is 14.1 Å². The first-order chi connectivity index (χ1) is 13.9. The maximum absolute atomic E-state index is 13.2. The van der Waals surface area contributed by atoms with Crippen LogP contribution in [0.5, 0.6) is 0 Å². The van der Waals surface area contributed by atoms with Crippen molar-refractivity contribution in [1.82, 2.24) is 0 Å². The zero-order valence-electron chi connectivity index (χ0n) is 16.2. The molecule has 3 aliphatic heterocycles. The van der Waals surface area contributed by atoms with Gasteiger partial charge in [0, 0.05) is 0 Å². The van der Waals surface area contributed by atoms with Gasteiger partial charge < -0.3 is 30.3 Å². The van der Waals surface area contributed by atoms with E-state index in [1.54, 1.807) is 35.0 Å². The van der Waals surface area contributed by atoms with Crippen LogP contribution in [0.25, 0.3) is 0 Å². The molecule has 4 atom stereocenters. The zero-order valence-corrected chi connectivity index (χ0v) is 17.8. The van der Waals surface area contributed by atoms with Crippen molar-refractivity contribution in [3.8, 4) is 0 Å². The average molecular weight is 457 g/mol. The summed E-state index contributed by atoms with van der Waals surface area (Å²) in [7, 11) is 2.91. The molecule has 9 nitrogen and oxygen atoms in total. The lowest BCUT2D eigenvalue weighted by atomic mass is 9.90. The highest BCUT2D eigenvalue weighted by atomic mass is 32.1.